The molecule has 20 heavy (non-hydrogen) atoms. The second kappa shape index (κ2) is 6.61. The van der Waals surface area contributed by atoms with Gasteiger partial charge in [0.25, 0.3) is 5.91 Å². The number of hydrogen-bond donors (Lipinski definition) is 2. The third-order valence-electron chi connectivity index (χ3n) is 2.66. The van der Waals surface area contributed by atoms with Gasteiger partial charge < -0.3 is 4.74 Å². The topological polar surface area (TPSA) is 64.3 Å². The normalized spacial score (nSPS) is 10.2. The van der Waals surface area contributed by atoms with Crippen LogP contribution in [0.4, 0.5) is 0 Å². The summed E-state index contributed by atoms with van der Waals surface area (Å²) in [5, 5.41) is 1.13. The number of halogens is 2. The Morgan fingerprint density at radius 1 is 1.15 bits per heavy atom. The molecule has 2 aromatic carbocycles. The van der Waals surface area contributed by atoms with Crippen molar-refractivity contribution in [3.05, 3.63) is 63.6 Å². The van der Waals surface area contributed by atoms with Crippen LogP contribution in [0.1, 0.15) is 15.9 Å². The Bertz CT molecular complexity index is 615. The summed E-state index contributed by atoms with van der Waals surface area (Å²) >= 11 is 11.9. The lowest BCUT2D eigenvalue weighted by Gasteiger charge is -2.08. The molecule has 0 aliphatic carbocycles. The number of rotatable bonds is 4. The van der Waals surface area contributed by atoms with Crippen LogP contribution < -0.4 is 16.0 Å². The molecule has 2 aromatic rings. The van der Waals surface area contributed by atoms with Gasteiger partial charge in [0.15, 0.2) is 0 Å². The molecular formula is C14H12Cl2N2O2. The molecule has 0 radical (unpaired) electrons. The van der Waals surface area contributed by atoms with Gasteiger partial charge in [0.1, 0.15) is 12.4 Å². The molecule has 0 fully saturated rings. The Morgan fingerprint density at radius 3 is 2.45 bits per heavy atom. The van der Waals surface area contributed by atoms with Gasteiger partial charge in [-0.2, -0.15) is 0 Å². The van der Waals surface area contributed by atoms with Gasteiger partial charge in [-0.3, -0.25) is 10.2 Å². The first kappa shape index (κ1) is 14.7. The van der Waals surface area contributed by atoms with E-state index < -0.39 is 0 Å². The Morgan fingerprint density at radius 2 is 1.85 bits per heavy atom. The minimum atomic E-state index is -0.350. The molecule has 0 aliphatic heterocycles. The number of carbonyl (C=O) groups excluding carboxylic acids is 1. The van der Waals surface area contributed by atoms with E-state index in [1.807, 2.05) is 0 Å². The maximum absolute atomic E-state index is 11.3. The van der Waals surface area contributed by atoms with Gasteiger partial charge in [0, 0.05) is 21.2 Å². The van der Waals surface area contributed by atoms with Gasteiger partial charge in [-0.25, -0.2) is 5.84 Å². The predicted octanol–water partition coefficient (Wildman–Crippen LogP) is 3.18. The van der Waals surface area contributed by atoms with Crippen LogP contribution in [0, 0.1) is 0 Å². The predicted molar refractivity (Wildman–Crippen MR) is 78.9 cm³/mol. The molecule has 0 unspecified atom stereocenters. The molecular weight excluding hydrogens is 299 g/mol. The highest BCUT2D eigenvalue weighted by molar-refractivity contribution is 6.35. The highest BCUT2D eigenvalue weighted by Gasteiger charge is 2.05. The van der Waals surface area contributed by atoms with Crippen molar-refractivity contribution in [1.82, 2.24) is 5.43 Å². The van der Waals surface area contributed by atoms with Crippen molar-refractivity contribution in [2.75, 3.05) is 0 Å². The van der Waals surface area contributed by atoms with Gasteiger partial charge in [0.2, 0.25) is 0 Å². The van der Waals surface area contributed by atoms with Crippen molar-refractivity contribution >= 4 is 29.1 Å². The molecule has 1 amide bonds. The monoisotopic (exact) mass is 310 g/mol. The molecule has 0 aliphatic rings. The summed E-state index contributed by atoms with van der Waals surface area (Å²) in [6, 6.07) is 11.9. The largest absolute Gasteiger partial charge is 0.489 e. The fourth-order valence-electron chi connectivity index (χ4n) is 1.59. The van der Waals surface area contributed by atoms with E-state index in [9.17, 15) is 4.79 Å². The van der Waals surface area contributed by atoms with Gasteiger partial charge in [-0.05, 0) is 36.4 Å². The number of carbonyl (C=O) groups is 1. The number of nitrogens with two attached hydrogens (primary N) is 1. The van der Waals surface area contributed by atoms with Crippen molar-refractivity contribution in [1.29, 1.82) is 0 Å². The molecule has 0 heterocycles. The summed E-state index contributed by atoms with van der Waals surface area (Å²) in [6.45, 7) is 0.318. The fraction of sp³-hybridized carbons (Fsp3) is 0.0714. The average Bonchev–Trinajstić information content (AvgIpc) is 2.46. The summed E-state index contributed by atoms with van der Waals surface area (Å²) in [5.74, 6) is 5.33. The zero-order valence-corrected chi connectivity index (χ0v) is 11.9. The van der Waals surface area contributed by atoms with Crippen LogP contribution >= 0.6 is 23.2 Å². The Hall–Kier alpha value is -1.75. The molecule has 0 saturated carbocycles. The second-order valence-electron chi connectivity index (χ2n) is 4.02. The highest BCUT2D eigenvalue weighted by atomic mass is 35.5. The SMILES string of the molecule is NNC(=O)c1ccc(OCc2ccc(Cl)cc2Cl)cc1. The minimum Gasteiger partial charge on any atom is -0.489 e. The summed E-state index contributed by atoms with van der Waals surface area (Å²) < 4.78 is 5.59. The summed E-state index contributed by atoms with van der Waals surface area (Å²) in [6.07, 6.45) is 0. The van der Waals surface area contributed by atoms with Crippen LogP contribution in [0.15, 0.2) is 42.5 Å². The minimum absolute atomic E-state index is 0.318. The van der Waals surface area contributed by atoms with Crippen LogP contribution in [0.5, 0.6) is 5.75 Å². The van der Waals surface area contributed by atoms with E-state index in [1.54, 1.807) is 42.5 Å². The van der Waals surface area contributed by atoms with Gasteiger partial charge in [0.05, 0.1) is 0 Å². The zero-order valence-electron chi connectivity index (χ0n) is 10.4. The maximum Gasteiger partial charge on any atom is 0.265 e. The van der Waals surface area contributed by atoms with E-state index in [0.717, 1.165) is 5.56 Å². The standard InChI is InChI=1S/C14H12Cl2N2O2/c15-11-4-1-10(13(16)7-11)8-20-12-5-2-9(3-6-12)14(19)18-17/h1-7H,8,17H2,(H,18,19). The third kappa shape index (κ3) is 3.63. The first-order valence-corrected chi connectivity index (χ1v) is 6.53. The lowest BCUT2D eigenvalue weighted by atomic mass is 10.2. The first-order chi connectivity index (χ1) is 9.60. The molecule has 6 heteroatoms. The van der Waals surface area contributed by atoms with Crippen molar-refractivity contribution in [3.8, 4) is 5.75 Å². The van der Waals surface area contributed by atoms with Crippen LogP contribution in [-0.4, -0.2) is 5.91 Å². The third-order valence-corrected chi connectivity index (χ3v) is 3.24. The number of ether oxygens (including phenoxy) is 1. The van der Waals surface area contributed by atoms with E-state index in [4.69, 9.17) is 33.8 Å². The van der Waals surface area contributed by atoms with Crippen molar-refractivity contribution in [2.24, 2.45) is 5.84 Å². The Balaban J connectivity index is 2.02. The number of hydrazine groups is 1. The molecule has 104 valence electrons. The lowest BCUT2D eigenvalue weighted by molar-refractivity contribution is 0.0953. The number of hydrogen-bond acceptors (Lipinski definition) is 3. The van der Waals surface area contributed by atoms with Crippen LogP contribution in [0.3, 0.4) is 0 Å². The fourth-order valence-corrected chi connectivity index (χ4v) is 2.05. The molecule has 0 spiro atoms. The van der Waals surface area contributed by atoms with Gasteiger partial charge in [-0.1, -0.05) is 29.3 Å². The zero-order chi connectivity index (χ0) is 14.5. The molecule has 0 bridgehead atoms. The number of nitrogens with one attached hydrogen (secondary N) is 1. The second-order valence-corrected chi connectivity index (χ2v) is 4.87. The van der Waals surface area contributed by atoms with Crippen LogP contribution in [0.25, 0.3) is 0 Å². The van der Waals surface area contributed by atoms with E-state index >= 15 is 0 Å². The van der Waals surface area contributed by atoms with Crippen molar-refractivity contribution < 1.29 is 9.53 Å². The number of nitrogen functional groups attached to an aromatic ring is 1. The van der Waals surface area contributed by atoms with E-state index in [1.165, 1.54) is 0 Å². The summed E-state index contributed by atoms with van der Waals surface area (Å²) in [7, 11) is 0. The molecule has 4 nitrogen and oxygen atoms in total. The molecule has 3 N–H and O–H groups in total. The molecule has 0 saturated heterocycles. The Labute approximate surface area is 126 Å². The maximum atomic E-state index is 11.3. The molecule has 0 atom stereocenters. The molecule has 2 rings (SSSR count). The number of benzene rings is 2. The van der Waals surface area contributed by atoms with E-state index in [-0.39, 0.29) is 5.91 Å². The lowest BCUT2D eigenvalue weighted by Crippen LogP contribution is -2.29. The van der Waals surface area contributed by atoms with Crippen molar-refractivity contribution in [2.45, 2.75) is 6.61 Å². The molecule has 0 aromatic heterocycles. The summed E-state index contributed by atoms with van der Waals surface area (Å²) in [5.41, 5.74) is 3.36. The quantitative estimate of drug-likeness (QED) is 0.518. The van der Waals surface area contributed by atoms with E-state index in [2.05, 4.69) is 5.43 Å². The van der Waals surface area contributed by atoms with Gasteiger partial charge in [-0.15, -0.1) is 0 Å². The smallest absolute Gasteiger partial charge is 0.265 e. The van der Waals surface area contributed by atoms with Gasteiger partial charge >= 0.3 is 0 Å². The van der Waals surface area contributed by atoms with Crippen molar-refractivity contribution in [3.63, 3.8) is 0 Å². The van der Waals surface area contributed by atoms with Crippen LogP contribution in [-0.2, 0) is 6.61 Å². The average molecular weight is 311 g/mol. The number of amides is 1. The van der Waals surface area contributed by atoms with E-state index in [0.29, 0.717) is 28.0 Å². The Kier molecular flexibility index (Phi) is 4.84. The summed E-state index contributed by atoms with van der Waals surface area (Å²) in [4.78, 5) is 11.3. The van der Waals surface area contributed by atoms with Crippen LogP contribution in [0.2, 0.25) is 10.0 Å². The highest BCUT2D eigenvalue weighted by Crippen LogP contribution is 2.22. The first-order valence-electron chi connectivity index (χ1n) is 5.78.